The van der Waals surface area contributed by atoms with Gasteiger partial charge in [0.25, 0.3) is 10.0 Å². The van der Waals surface area contributed by atoms with Gasteiger partial charge in [-0.15, -0.1) is 0 Å². The predicted octanol–water partition coefficient (Wildman–Crippen LogP) is 5.11. The van der Waals surface area contributed by atoms with E-state index in [0.717, 1.165) is 12.8 Å². The summed E-state index contributed by atoms with van der Waals surface area (Å²) >= 11 is 6.02. The Hall–Kier alpha value is -3.19. The van der Waals surface area contributed by atoms with Gasteiger partial charge in [0.2, 0.25) is 0 Å². The molecule has 0 atom stereocenters. The van der Waals surface area contributed by atoms with Crippen LogP contribution in [0.15, 0.2) is 41.3 Å². The van der Waals surface area contributed by atoms with Crippen LogP contribution < -0.4 is 14.4 Å². The van der Waals surface area contributed by atoms with Crippen molar-refractivity contribution in [1.29, 1.82) is 0 Å². The Morgan fingerprint density at radius 3 is 2.03 bits per heavy atom. The van der Waals surface area contributed by atoms with Crippen molar-refractivity contribution in [3.63, 3.8) is 0 Å². The lowest BCUT2D eigenvalue weighted by Crippen LogP contribution is -2.27. The lowest BCUT2D eigenvalue weighted by Gasteiger charge is -2.25. The maximum atomic E-state index is 12.7. The number of hydrogen-bond acceptors (Lipinski definition) is 6. The summed E-state index contributed by atoms with van der Waals surface area (Å²) in [5.74, 6) is -3.52. The highest BCUT2D eigenvalue weighted by molar-refractivity contribution is 7.92. The topological polar surface area (TPSA) is 133 Å². The molecule has 0 heterocycles. The molecule has 0 amide bonds. The van der Waals surface area contributed by atoms with Gasteiger partial charge in [0, 0.05) is 18.8 Å². The quantitative estimate of drug-likeness (QED) is 0.369. The number of hydrogen-bond donors (Lipinski definition) is 3. The molecule has 0 spiro atoms. The summed E-state index contributed by atoms with van der Waals surface area (Å²) in [7, 11) is -2.52. The highest BCUT2D eigenvalue weighted by Crippen LogP contribution is 2.30. The normalized spacial score (nSPS) is 11.2. The van der Waals surface area contributed by atoms with E-state index in [1.165, 1.54) is 31.4 Å². The SMILES string of the molecule is CCCN(CCC)c1ccc(NS(=O)(=O)c2ccc(OC)c(Cl)c2)cc1C(=O)O.O=C(O)C(F)(F)F. The van der Waals surface area contributed by atoms with Gasteiger partial charge in [-0.1, -0.05) is 25.4 Å². The number of nitrogens with zero attached hydrogens (tertiary/aromatic N) is 1. The number of sulfonamides is 1. The highest BCUT2D eigenvalue weighted by Gasteiger charge is 2.38. The first-order chi connectivity index (χ1) is 16.7. The molecule has 3 N–H and O–H groups in total. The molecule has 0 aliphatic heterocycles. The molecule has 0 saturated heterocycles. The number of carboxylic acid groups (broad SMARTS) is 2. The third kappa shape index (κ3) is 8.79. The molecular weight excluding hydrogens is 529 g/mol. The molecule has 0 fully saturated rings. The minimum absolute atomic E-state index is 0.0415. The van der Waals surface area contributed by atoms with Crippen LogP contribution in [0.2, 0.25) is 5.02 Å². The minimum atomic E-state index is -5.08. The number of carboxylic acids is 2. The standard InChI is InChI=1S/C20H25ClN2O5S.C2HF3O2/c1-4-10-23(11-5-2)18-8-6-14(12-16(18)20(24)25)22-29(26,27)15-7-9-19(28-3)17(21)13-15;3-2(4,5)1(6)7/h6-9,12-13,22H,4-5,10-11H2,1-3H3,(H,24,25);(H,6,7). The van der Waals surface area contributed by atoms with E-state index in [4.69, 9.17) is 26.2 Å². The summed E-state index contributed by atoms with van der Waals surface area (Å²) in [6, 6.07) is 8.62. The van der Waals surface area contributed by atoms with Gasteiger partial charge in [-0.3, -0.25) is 4.72 Å². The third-order valence-electron chi connectivity index (χ3n) is 4.48. The van der Waals surface area contributed by atoms with Crippen molar-refractivity contribution in [2.24, 2.45) is 0 Å². The first-order valence-corrected chi connectivity index (χ1v) is 12.3. The molecular formula is C22H26ClF3N2O7S. The van der Waals surface area contributed by atoms with Gasteiger partial charge < -0.3 is 19.8 Å². The van der Waals surface area contributed by atoms with Crippen molar-refractivity contribution < 1.29 is 46.1 Å². The Kier molecular flexibility index (Phi) is 11.3. The van der Waals surface area contributed by atoms with Gasteiger partial charge in [-0.25, -0.2) is 18.0 Å². The summed E-state index contributed by atoms with van der Waals surface area (Å²) in [6.07, 6.45) is -3.35. The van der Waals surface area contributed by atoms with E-state index in [2.05, 4.69) is 4.72 Å². The Labute approximate surface area is 211 Å². The van der Waals surface area contributed by atoms with E-state index >= 15 is 0 Å². The number of halogens is 4. The predicted molar refractivity (Wildman–Crippen MR) is 129 cm³/mol. The first-order valence-electron chi connectivity index (χ1n) is 10.5. The van der Waals surface area contributed by atoms with Crippen LogP contribution in [0.25, 0.3) is 0 Å². The van der Waals surface area contributed by atoms with Crippen LogP contribution >= 0.6 is 11.6 Å². The molecule has 0 saturated carbocycles. The summed E-state index contributed by atoms with van der Waals surface area (Å²) in [5.41, 5.74) is 0.766. The molecule has 0 radical (unpaired) electrons. The van der Waals surface area contributed by atoms with Crippen LogP contribution in [0.1, 0.15) is 37.0 Å². The van der Waals surface area contributed by atoms with Crippen molar-refractivity contribution in [1.82, 2.24) is 0 Å². The summed E-state index contributed by atoms with van der Waals surface area (Å²) in [4.78, 5) is 22.6. The summed E-state index contributed by atoms with van der Waals surface area (Å²) in [5, 5.41) is 16.9. The average Bonchev–Trinajstić information content (AvgIpc) is 2.78. The Morgan fingerprint density at radius 1 is 1.06 bits per heavy atom. The molecule has 0 aliphatic carbocycles. The monoisotopic (exact) mass is 554 g/mol. The highest BCUT2D eigenvalue weighted by atomic mass is 35.5. The molecule has 2 rings (SSSR count). The van der Waals surface area contributed by atoms with Crippen LogP contribution in [-0.4, -0.2) is 56.9 Å². The molecule has 200 valence electrons. The number of anilines is 2. The lowest BCUT2D eigenvalue weighted by molar-refractivity contribution is -0.192. The van der Waals surface area contributed by atoms with E-state index in [-0.39, 0.29) is 21.2 Å². The molecule has 9 nitrogen and oxygen atoms in total. The van der Waals surface area contributed by atoms with Crippen molar-refractivity contribution in [3.05, 3.63) is 47.0 Å². The first kappa shape index (κ1) is 30.8. The minimum Gasteiger partial charge on any atom is -0.495 e. The Morgan fingerprint density at radius 2 is 1.61 bits per heavy atom. The van der Waals surface area contributed by atoms with Crippen LogP contribution in [-0.2, 0) is 14.8 Å². The van der Waals surface area contributed by atoms with Gasteiger partial charge in [-0.2, -0.15) is 13.2 Å². The van der Waals surface area contributed by atoms with Gasteiger partial charge in [0.15, 0.2) is 0 Å². The number of carbonyl (C=O) groups is 2. The largest absolute Gasteiger partial charge is 0.495 e. The molecule has 14 heteroatoms. The fraction of sp³-hybridized carbons (Fsp3) is 0.364. The fourth-order valence-electron chi connectivity index (χ4n) is 2.97. The summed E-state index contributed by atoms with van der Waals surface area (Å²) < 4.78 is 64.6. The molecule has 2 aromatic rings. The van der Waals surface area contributed by atoms with Crippen LogP contribution in [0, 0.1) is 0 Å². The third-order valence-corrected chi connectivity index (χ3v) is 6.16. The smallest absolute Gasteiger partial charge is 0.490 e. The van der Waals surface area contributed by atoms with Crippen LogP contribution in [0.3, 0.4) is 0 Å². The van der Waals surface area contributed by atoms with Gasteiger partial charge >= 0.3 is 18.1 Å². The van der Waals surface area contributed by atoms with Gasteiger partial charge in [0.05, 0.1) is 28.3 Å². The van der Waals surface area contributed by atoms with Crippen LogP contribution in [0.5, 0.6) is 5.75 Å². The maximum absolute atomic E-state index is 12.7. The zero-order chi connectivity index (χ0) is 27.7. The lowest BCUT2D eigenvalue weighted by atomic mass is 10.1. The van der Waals surface area contributed by atoms with Crippen molar-refractivity contribution in [3.8, 4) is 5.75 Å². The van der Waals surface area contributed by atoms with E-state index in [9.17, 15) is 31.5 Å². The Balaban J connectivity index is 0.000000809. The molecule has 0 aromatic heterocycles. The number of nitrogens with one attached hydrogen (secondary N) is 1. The van der Waals surface area contributed by atoms with E-state index in [1.807, 2.05) is 18.7 Å². The Bertz CT molecular complexity index is 1170. The maximum Gasteiger partial charge on any atom is 0.490 e. The zero-order valence-corrected chi connectivity index (χ0v) is 21.2. The van der Waals surface area contributed by atoms with E-state index in [1.54, 1.807) is 12.1 Å². The number of aromatic carboxylic acids is 1. The van der Waals surface area contributed by atoms with Gasteiger partial charge in [-0.05, 0) is 49.2 Å². The number of alkyl halides is 3. The molecule has 0 bridgehead atoms. The fourth-order valence-corrected chi connectivity index (χ4v) is 4.37. The summed E-state index contributed by atoms with van der Waals surface area (Å²) in [6.45, 7) is 5.46. The van der Waals surface area contributed by atoms with Crippen molar-refractivity contribution in [2.75, 3.05) is 29.8 Å². The second-order valence-electron chi connectivity index (χ2n) is 7.23. The van der Waals surface area contributed by atoms with Crippen molar-refractivity contribution >= 4 is 44.9 Å². The second kappa shape index (κ2) is 13.2. The number of aliphatic carboxylic acids is 1. The van der Waals surface area contributed by atoms with E-state index in [0.29, 0.717) is 24.5 Å². The number of ether oxygens (including phenoxy) is 1. The van der Waals surface area contributed by atoms with Gasteiger partial charge in [0.1, 0.15) is 5.75 Å². The van der Waals surface area contributed by atoms with Crippen LogP contribution in [0.4, 0.5) is 24.5 Å². The number of benzene rings is 2. The molecule has 36 heavy (non-hydrogen) atoms. The molecule has 0 aliphatic rings. The zero-order valence-electron chi connectivity index (χ0n) is 19.6. The number of methoxy groups -OCH3 is 1. The average molecular weight is 555 g/mol. The van der Waals surface area contributed by atoms with Crippen molar-refractivity contribution in [2.45, 2.75) is 37.8 Å². The second-order valence-corrected chi connectivity index (χ2v) is 9.32. The van der Waals surface area contributed by atoms with E-state index < -0.39 is 28.1 Å². The molecule has 2 aromatic carbocycles. The number of rotatable bonds is 10. The molecule has 0 unspecified atom stereocenters.